The van der Waals surface area contributed by atoms with E-state index in [1.54, 1.807) is 22.7 Å². The number of carbonyl (C=O) groups is 1. The van der Waals surface area contributed by atoms with E-state index in [2.05, 4.69) is 15.5 Å². The molecule has 2 aromatic heterocycles. The normalized spacial score (nSPS) is 10.9. The number of para-hydroxylation sites is 1. The number of halogens is 2. The number of benzene rings is 2. The standard InChI is InChI=1S/C22H18F2N4O2/c1-2-30-19-6-4-3-5-15(19)13-25-22(29)14-7-8-28-20(11-14)26-27-21(28)16-9-17(23)12-18(24)10-16/h3-12H,2,13H2,1H3,(H,25,29). The molecule has 0 aliphatic rings. The Hall–Kier alpha value is -3.81. The van der Waals surface area contributed by atoms with Crippen molar-refractivity contribution in [2.24, 2.45) is 0 Å². The molecule has 2 aromatic carbocycles. The molecule has 0 saturated heterocycles. The van der Waals surface area contributed by atoms with E-state index in [1.165, 1.54) is 12.1 Å². The Morgan fingerprint density at radius 3 is 2.60 bits per heavy atom. The highest BCUT2D eigenvalue weighted by Crippen LogP contribution is 2.22. The van der Waals surface area contributed by atoms with E-state index in [0.717, 1.165) is 17.4 Å². The molecule has 0 fully saturated rings. The highest BCUT2D eigenvalue weighted by atomic mass is 19.1. The first-order chi connectivity index (χ1) is 14.5. The minimum absolute atomic E-state index is 0.254. The summed E-state index contributed by atoms with van der Waals surface area (Å²) in [4.78, 5) is 12.6. The fraction of sp³-hybridized carbons (Fsp3) is 0.136. The van der Waals surface area contributed by atoms with E-state index in [9.17, 15) is 13.6 Å². The third-order valence-corrected chi connectivity index (χ3v) is 4.50. The van der Waals surface area contributed by atoms with Crippen LogP contribution in [0.2, 0.25) is 0 Å². The van der Waals surface area contributed by atoms with Crippen LogP contribution in [0.15, 0.2) is 60.8 Å². The molecule has 0 radical (unpaired) electrons. The van der Waals surface area contributed by atoms with Crippen LogP contribution in [0.1, 0.15) is 22.8 Å². The van der Waals surface area contributed by atoms with Crippen molar-refractivity contribution < 1.29 is 18.3 Å². The van der Waals surface area contributed by atoms with Gasteiger partial charge in [-0.05, 0) is 37.3 Å². The Balaban J connectivity index is 1.55. The van der Waals surface area contributed by atoms with Crippen LogP contribution < -0.4 is 10.1 Å². The monoisotopic (exact) mass is 408 g/mol. The zero-order chi connectivity index (χ0) is 21.1. The third-order valence-electron chi connectivity index (χ3n) is 4.50. The van der Waals surface area contributed by atoms with Crippen molar-refractivity contribution in [3.63, 3.8) is 0 Å². The molecule has 2 heterocycles. The molecule has 1 N–H and O–H groups in total. The van der Waals surface area contributed by atoms with Gasteiger partial charge in [0.05, 0.1) is 6.61 Å². The van der Waals surface area contributed by atoms with Gasteiger partial charge in [0.15, 0.2) is 11.5 Å². The number of nitrogens with one attached hydrogen (secondary N) is 1. The van der Waals surface area contributed by atoms with Gasteiger partial charge in [-0.1, -0.05) is 18.2 Å². The van der Waals surface area contributed by atoms with E-state index in [4.69, 9.17) is 4.74 Å². The molecular formula is C22H18F2N4O2. The maximum Gasteiger partial charge on any atom is 0.251 e. The number of fused-ring (bicyclic) bond motifs is 1. The summed E-state index contributed by atoms with van der Waals surface area (Å²) < 4.78 is 34.2. The lowest BCUT2D eigenvalue weighted by Crippen LogP contribution is -2.23. The molecule has 6 nitrogen and oxygen atoms in total. The van der Waals surface area contributed by atoms with Gasteiger partial charge in [0.2, 0.25) is 0 Å². The highest BCUT2D eigenvalue weighted by Gasteiger charge is 2.14. The number of hydrogen-bond acceptors (Lipinski definition) is 4. The predicted octanol–water partition coefficient (Wildman–Crippen LogP) is 4.00. The van der Waals surface area contributed by atoms with E-state index >= 15 is 0 Å². The number of nitrogens with zero attached hydrogens (tertiary/aromatic N) is 3. The number of ether oxygens (including phenoxy) is 1. The summed E-state index contributed by atoms with van der Waals surface area (Å²) in [6, 6.07) is 13.8. The van der Waals surface area contributed by atoms with Crippen molar-refractivity contribution in [1.29, 1.82) is 0 Å². The number of amides is 1. The van der Waals surface area contributed by atoms with Gasteiger partial charge >= 0.3 is 0 Å². The summed E-state index contributed by atoms with van der Waals surface area (Å²) in [5.41, 5.74) is 1.90. The third kappa shape index (κ3) is 3.98. The van der Waals surface area contributed by atoms with Crippen LogP contribution >= 0.6 is 0 Å². The molecule has 0 bridgehead atoms. The van der Waals surface area contributed by atoms with Crippen LogP contribution in [-0.2, 0) is 6.54 Å². The molecule has 4 rings (SSSR count). The lowest BCUT2D eigenvalue weighted by Gasteiger charge is -2.11. The Morgan fingerprint density at radius 1 is 1.07 bits per heavy atom. The van der Waals surface area contributed by atoms with E-state index in [0.29, 0.717) is 24.4 Å². The van der Waals surface area contributed by atoms with Gasteiger partial charge in [-0.2, -0.15) is 0 Å². The molecule has 152 valence electrons. The fourth-order valence-corrected chi connectivity index (χ4v) is 3.14. The van der Waals surface area contributed by atoms with Crippen LogP contribution in [-0.4, -0.2) is 27.1 Å². The van der Waals surface area contributed by atoms with Gasteiger partial charge in [0.1, 0.15) is 17.4 Å². The van der Waals surface area contributed by atoms with Crippen LogP contribution in [0.5, 0.6) is 5.75 Å². The lowest BCUT2D eigenvalue weighted by atomic mass is 10.2. The van der Waals surface area contributed by atoms with Crippen molar-refractivity contribution in [2.75, 3.05) is 6.61 Å². The summed E-state index contributed by atoms with van der Waals surface area (Å²) >= 11 is 0. The second kappa shape index (κ2) is 8.28. The topological polar surface area (TPSA) is 68.5 Å². The quantitative estimate of drug-likeness (QED) is 0.524. The van der Waals surface area contributed by atoms with Crippen LogP contribution in [0.3, 0.4) is 0 Å². The highest BCUT2D eigenvalue weighted by molar-refractivity contribution is 5.95. The number of rotatable bonds is 6. The van der Waals surface area contributed by atoms with Gasteiger partial charge in [0.25, 0.3) is 5.91 Å². The number of aromatic nitrogens is 3. The molecule has 30 heavy (non-hydrogen) atoms. The molecule has 0 saturated carbocycles. The van der Waals surface area contributed by atoms with E-state index in [1.807, 2.05) is 31.2 Å². The van der Waals surface area contributed by atoms with Gasteiger partial charge in [-0.3, -0.25) is 9.20 Å². The number of hydrogen-bond donors (Lipinski definition) is 1. The second-order valence-electron chi connectivity index (χ2n) is 6.55. The molecule has 0 unspecified atom stereocenters. The molecule has 8 heteroatoms. The van der Waals surface area contributed by atoms with Gasteiger partial charge in [0, 0.05) is 35.5 Å². The smallest absolute Gasteiger partial charge is 0.251 e. The predicted molar refractivity (Wildman–Crippen MR) is 107 cm³/mol. The maximum absolute atomic E-state index is 13.5. The number of pyridine rings is 1. The first-order valence-corrected chi connectivity index (χ1v) is 9.35. The second-order valence-corrected chi connectivity index (χ2v) is 6.55. The minimum atomic E-state index is -0.704. The summed E-state index contributed by atoms with van der Waals surface area (Å²) in [7, 11) is 0. The number of carbonyl (C=O) groups excluding carboxylic acids is 1. The van der Waals surface area contributed by atoms with Gasteiger partial charge in [-0.25, -0.2) is 8.78 Å². The van der Waals surface area contributed by atoms with Crippen molar-refractivity contribution in [3.8, 4) is 17.1 Å². The average Bonchev–Trinajstić information content (AvgIpc) is 3.16. The molecule has 0 aliphatic heterocycles. The largest absolute Gasteiger partial charge is 0.494 e. The Bertz CT molecular complexity index is 1200. The van der Waals surface area contributed by atoms with E-state index < -0.39 is 11.6 Å². The molecular weight excluding hydrogens is 390 g/mol. The molecule has 0 spiro atoms. The Labute approximate surface area is 171 Å². The lowest BCUT2D eigenvalue weighted by molar-refractivity contribution is 0.0950. The molecule has 0 aliphatic carbocycles. The van der Waals surface area contributed by atoms with Crippen molar-refractivity contribution in [3.05, 3.63) is 83.6 Å². The summed E-state index contributed by atoms with van der Waals surface area (Å²) in [6.45, 7) is 2.74. The minimum Gasteiger partial charge on any atom is -0.494 e. The zero-order valence-corrected chi connectivity index (χ0v) is 16.1. The van der Waals surface area contributed by atoms with E-state index in [-0.39, 0.29) is 17.3 Å². The summed E-state index contributed by atoms with van der Waals surface area (Å²) in [5, 5.41) is 10.9. The summed E-state index contributed by atoms with van der Waals surface area (Å²) in [6.07, 6.45) is 1.59. The molecule has 0 atom stereocenters. The van der Waals surface area contributed by atoms with Crippen molar-refractivity contribution in [1.82, 2.24) is 19.9 Å². The van der Waals surface area contributed by atoms with Gasteiger partial charge in [-0.15, -0.1) is 10.2 Å². The van der Waals surface area contributed by atoms with Crippen molar-refractivity contribution >= 4 is 11.6 Å². The zero-order valence-electron chi connectivity index (χ0n) is 16.1. The first kappa shape index (κ1) is 19.5. The fourth-order valence-electron chi connectivity index (χ4n) is 3.14. The van der Waals surface area contributed by atoms with Crippen LogP contribution in [0, 0.1) is 11.6 Å². The van der Waals surface area contributed by atoms with Gasteiger partial charge < -0.3 is 10.1 Å². The molecule has 4 aromatic rings. The Kier molecular flexibility index (Phi) is 5.38. The molecule has 1 amide bonds. The van der Waals surface area contributed by atoms with Crippen LogP contribution in [0.25, 0.3) is 17.0 Å². The van der Waals surface area contributed by atoms with Crippen molar-refractivity contribution in [2.45, 2.75) is 13.5 Å². The maximum atomic E-state index is 13.5. The Morgan fingerprint density at radius 2 is 1.83 bits per heavy atom. The summed E-state index contributed by atoms with van der Waals surface area (Å²) in [5.74, 6) is -0.693. The first-order valence-electron chi connectivity index (χ1n) is 9.35. The SMILES string of the molecule is CCOc1ccccc1CNC(=O)c1ccn2c(-c3cc(F)cc(F)c3)nnc2c1. The van der Waals surface area contributed by atoms with Crippen LogP contribution in [0.4, 0.5) is 8.78 Å². The average molecular weight is 408 g/mol.